The number of hydrogen-bond acceptors (Lipinski definition) is 5. The second-order valence-corrected chi connectivity index (χ2v) is 13.8. The fourth-order valence-electron chi connectivity index (χ4n) is 5.29. The van der Waals surface area contributed by atoms with Crippen LogP contribution in [0.15, 0.2) is 78.9 Å². The Hall–Kier alpha value is -3.12. The average Bonchev–Trinajstić information content (AvgIpc) is 2.98. The first-order chi connectivity index (χ1) is 20.1. The minimum absolute atomic E-state index is 0.0533. The molecule has 1 atom stereocenters. The van der Waals surface area contributed by atoms with Gasteiger partial charge in [0.1, 0.15) is 18.3 Å². The number of methoxy groups -OCH3 is 1. The van der Waals surface area contributed by atoms with Crippen LogP contribution >= 0.6 is 22.6 Å². The molecule has 2 amide bonds. The number of amides is 2. The van der Waals surface area contributed by atoms with Crippen LogP contribution in [0.4, 0.5) is 5.69 Å². The van der Waals surface area contributed by atoms with Crippen molar-refractivity contribution in [1.82, 2.24) is 10.2 Å². The second-order valence-electron chi connectivity index (χ2n) is 10.7. The zero-order chi connectivity index (χ0) is 30.1. The van der Waals surface area contributed by atoms with Gasteiger partial charge < -0.3 is 15.0 Å². The fraction of sp³-hybridized carbons (Fsp3) is 0.375. The highest BCUT2D eigenvalue weighted by molar-refractivity contribution is 14.1. The van der Waals surface area contributed by atoms with Gasteiger partial charge in [-0.05, 0) is 83.0 Å². The maximum atomic E-state index is 14.2. The van der Waals surface area contributed by atoms with E-state index in [0.717, 1.165) is 57.4 Å². The Morgan fingerprint density at radius 3 is 2.26 bits per heavy atom. The molecule has 0 bridgehead atoms. The highest BCUT2D eigenvalue weighted by Gasteiger charge is 2.34. The molecule has 8 nitrogen and oxygen atoms in total. The number of halogens is 1. The molecule has 224 valence electrons. The molecular weight excluding hydrogens is 665 g/mol. The Bertz CT molecular complexity index is 1440. The van der Waals surface area contributed by atoms with E-state index in [1.54, 1.807) is 31.4 Å². The third kappa shape index (κ3) is 8.94. The van der Waals surface area contributed by atoms with Gasteiger partial charge in [-0.1, -0.05) is 61.7 Å². The van der Waals surface area contributed by atoms with Crippen LogP contribution in [0, 0.1) is 3.57 Å². The molecular formula is C32H38IN3O5S. The lowest BCUT2D eigenvalue weighted by Gasteiger charge is -2.35. The Morgan fingerprint density at radius 1 is 0.952 bits per heavy atom. The van der Waals surface area contributed by atoms with Crippen molar-refractivity contribution in [3.05, 3.63) is 93.6 Å². The number of nitrogens with zero attached hydrogens (tertiary/aromatic N) is 2. The summed E-state index contributed by atoms with van der Waals surface area (Å²) in [5.74, 6) is -0.0773. The summed E-state index contributed by atoms with van der Waals surface area (Å²) in [6.45, 7) is -0.332. The minimum Gasteiger partial charge on any atom is -0.497 e. The predicted molar refractivity (Wildman–Crippen MR) is 174 cm³/mol. The van der Waals surface area contributed by atoms with Crippen molar-refractivity contribution in [2.24, 2.45) is 0 Å². The summed E-state index contributed by atoms with van der Waals surface area (Å²) in [6.07, 6.45) is 6.45. The molecule has 10 heteroatoms. The van der Waals surface area contributed by atoms with Gasteiger partial charge in [-0.25, -0.2) is 8.42 Å². The molecule has 0 spiro atoms. The first kappa shape index (κ1) is 31.8. The molecule has 1 saturated carbocycles. The van der Waals surface area contributed by atoms with Crippen LogP contribution in [0.3, 0.4) is 0 Å². The molecule has 0 heterocycles. The highest BCUT2D eigenvalue weighted by atomic mass is 127. The van der Waals surface area contributed by atoms with Crippen molar-refractivity contribution >= 4 is 50.1 Å². The molecule has 0 aliphatic heterocycles. The summed E-state index contributed by atoms with van der Waals surface area (Å²) < 4.78 is 33.3. The van der Waals surface area contributed by atoms with E-state index in [2.05, 4.69) is 27.9 Å². The summed E-state index contributed by atoms with van der Waals surface area (Å²) in [7, 11) is -2.24. The van der Waals surface area contributed by atoms with Crippen LogP contribution < -0.4 is 14.4 Å². The molecule has 1 N–H and O–H groups in total. The number of sulfonamides is 1. The first-order valence-electron chi connectivity index (χ1n) is 14.1. The Kier molecular flexibility index (Phi) is 11.3. The molecule has 0 aromatic heterocycles. The van der Waals surface area contributed by atoms with Gasteiger partial charge in [-0.2, -0.15) is 0 Å². The van der Waals surface area contributed by atoms with Gasteiger partial charge in [0.2, 0.25) is 21.8 Å². The molecule has 0 saturated heterocycles. The van der Waals surface area contributed by atoms with E-state index < -0.39 is 28.5 Å². The van der Waals surface area contributed by atoms with Crippen LogP contribution in [0.25, 0.3) is 0 Å². The van der Waals surface area contributed by atoms with E-state index in [1.165, 1.54) is 4.90 Å². The number of ether oxygens (including phenoxy) is 1. The maximum absolute atomic E-state index is 14.2. The summed E-state index contributed by atoms with van der Waals surface area (Å²) in [6, 6.07) is 23.1. The van der Waals surface area contributed by atoms with Crippen molar-refractivity contribution in [1.29, 1.82) is 0 Å². The zero-order valence-electron chi connectivity index (χ0n) is 24.0. The fourth-order valence-corrected chi connectivity index (χ4v) is 6.50. The van der Waals surface area contributed by atoms with Gasteiger partial charge in [0.05, 0.1) is 19.1 Å². The third-order valence-corrected chi connectivity index (χ3v) is 9.36. The first-order valence-corrected chi connectivity index (χ1v) is 17.1. The van der Waals surface area contributed by atoms with Crippen LogP contribution in [0.5, 0.6) is 5.75 Å². The largest absolute Gasteiger partial charge is 0.497 e. The van der Waals surface area contributed by atoms with Crippen molar-refractivity contribution in [3.8, 4) is 5.75 Å². The average molecular weight is 704 g/mol. The third-order valence-electron chi connectivity index (χ3n) is 7.50. The summed E-state index contributed by atoms with van der Waals surface area (Å²) >= 11 is 2.15. The standard InChI is InChI=1S/C32H38IN3O5S/c1-41-29-15-9-12-25(20-29)22-35(31(37)23-36(42(2,39)40)28-18-16-26(33)17-19-28)30(21-24-10-5-3-6-11-24)32(38)34-27-13-7-4-8-14-27/h3,5-6,9-12,15-20,27,30H,4,7-8,13-14,21-23H2,1-2H3,(H,34,38). The zero-order valence-corrected chi connectivity index (χ0v) is 27.0. The molecule has 1 fully saturated rings. The lowest BCUT2D eigenvalue weighted by molar-refractivity contribution is -0.140. The number of carbonyl (C=O) groups excluding carboxylic acids is 2. The Balaban J connectivity index is 1.72. The Labute approximate surface area is 262 Å². The summed E-state index contributed by atoms with van der Waals surface area (Å²) in [5, 5.41) is 3.21. The normalized spacial score (nSPS) is 14.5. The number of hydrogen-bond donors (Lipinski definition) is 1. The molecule has 3 aromatic rings. The van der Waals surface area contributed by atoms with Gasteiger partial charge in [0.15, 0.2) is 0 Å². The van der Waals surface area contributed by atoms with E-state index >= 15 is 0 Å². The number of nitrogens with one attached hydrogen (secondary N) is 1. The molecule has 1 aliphatic rings. The molecule has 0 radical (unpaired) electrons. The van der Waals surface area contributed by atoms with Crippen molar-refractivity contribution < 1.29 is 22.7 Å². The summed E-state index contributed by atoms with van der Waals surface area (Å²) in [5.41, 5.74) is 2.06. The predicted octanol–water partition coefficient (Wildman–Crippen LogP) is 5.15. The maximum Gasteiger partial charge on any atom is 0.244 e. The van der Waals surface area contributed by atoms with E-state index in [-0.39, 0.29) is 24.9 Å². The highest BCUT2D eigenvalue weighted by Crippen LogP contribution is 2.23. The van der Waals surface area contributed by atoms with Crippen molar-refractivity contribution in [3.63, 3.8) is 0 Å². The van der Waals surface area contributed by atoms with E-state index in [1.807, 2.05) is 54.6 Å². The molecule has 4 rings (SSSR count). The van der Waals surface area contributed by atoms with Crippen molar-refractivity contribution in [2.45, 2.75) is 57.2 Å². The smallest absolute Gasteiger partial charge is 0.244 e. The number of benzene rings is 3. The van der Waals surface area contributed by atoms with Crippen LogP contribution in [-0.4, -0.2) is 57.1 Å². The SMILES string of the molecule is COc1cccc(CN(C(=O)CN(c2ccc(I)cc2)S(C)(=O)=O)C(Cc2ccccc2)C(=O)NC2CCCCC2)c1. The number of carbonyl (C=O) groups is 2. The molecule has 1 aliphatic carbocycles. The van der Waals surface area contributed by atoms with Crippen LogP contribution in [0.2, 0.25) is 0 Å². The van der Waals surface area contributed by atoms with Crippen molar-refractivity contribution in [2.75, 3.05) is 24.2 Å². The van der Waals surface area contributed by atoms with Crippen LogP contribution in [-0.2, 0) is 32.6 Å². The monoisotopic (exact) mass is 703 g/mol. The Morgan fingerprint density at radius 2 is 1.62 bits per heavy atom. The van der Waals surface area contributed by atoms with E-state index in [4.69, 9.17) is 4.74 Å². The number of anilines is 1. The topological polar surface area (TPSA) is 96.0 Å². The van der Waals surface area contributed by atoms with Gasteiger partial charge in [0, 0.05) is 22.6 Å². The van der Waals surface area contributed by atoms with E-state index in [9.17, 15) is 18.0 Å². The molecule has 1 unspecified atom stereocenters. The van der Waals surface area contributed by atoms with Gasteiger partial charge in [0.25, 0.3) is 0 Å². The quantitative estimate of drug-likeness (QED) is 0.264. The van der Waals surface area contributed by atoms with Gasteiger partial charge >= 0.3 is 0 Å². The summed E-state index contributed by atoms with van der Waals surface area (Å²) in [4.78, 5) is 29.8. The van der Waals surface area contributed by atoms with Gasteiger partial charge in [-0.3, -0.25) is 13.9 Å². The minimum atomic E-state index is -3.81. The number of rotatable bonds is 12. The lowest BCUT2D eigenvalue weighted by atomic mass is 9.94. The lowest BCUT2D eigenvalue weighted by Crippen LogP contribution is -2.55. The van der Waals surface area contributed by atoms with Crippen LogP contribution in [0.1, 0.15) is 43.2 Å². The van der Waals surface area contributed by atoms with Gasteiger partial charge in [-0.15, -0.1) is 0 Å². The molecule has 42 heavy (non-hydrogen) atoms. The second kappa shape index (κ2) is 14.9. The molecule has 3 aromatic carbocycles. The van der Waals surface area contributed by atoms with E-state index in [0.29, 0.717) is 11.4 Å².